The monoisotopic (exact) mass is 1140 g/mol. The number of hydrogen-bond acceptors (Lipinski definition) is 13. The normalized spacial score (nSPS) is 9.67. The maximum Gasteiger partial charge on any atom is 0.335 e. The maximum atomic E-state index is 11.5. The van der Waals surface area contributed by atoms with Gasteiger partial charge in [-0.15, -0.1) is 24.0 Å². The first-order valence-electron chi connectivity index (χ1n) is 15.7. The van der Waals surface area contributed by atoms with Crippen LogP contribution in [-0.2, 0) is 117 Å². The maximum absolute atomic E-state index is 11.5. The molecular weight excluding hydrogens is 1090 g/mol. The van der Waals surface area contributed by atoms with Crippen LogP contribution >= 0.6 is 24.0 Å². The number of carbonyl (C=O) groups is 6. The Kier molecular flexibility index (Phi) is 32.7. The van der Waals surface area contributed by atoms with Crippen LogP contribution in [0.4, 0.5) is 0 Å². The fraction of sp³-hybridized carbons (Fsp3) is 0.297. The van der Waals surface area contributed by atoms with E-state index in [2.05, 4.69) is 0 Å². The number of halogens is 1. The van der Waals surface area contributed by atoms with Gasteiger partial charge in [0.05, 0.1) is 43.1 Å². The van der Waals surface area contributed by atoms with Gasteiger partial charge in [-0.05, 0) is 54.1 Å². The number of methoxy groups -OCH3 is 2. The Morgan fingerprint density at radius 3 is 1.33 bits per heavy atom. The molecule has 5 N–H and O–H groups in total. The summed E-state index contributed by atoms with van der Waals surface area (Å²) in [6.07, 6.45) is 2.45. The van der Waals surface area contributed by atoms with E-state index in [-0.39, 0.29) is 170 Å². The number of hydrogen-bond donors (Lipinski definition) is 5. The third-order valence-corrected chi connectivity index (χ3v) is 6.36. The minimum absolute atomic E-state index is 0. The summed E-state index contributed by atoms with van der Waals surface area (Å²) in [4.78, 5) is 66.1. The fourth-order valence-corrected chi connectivity index (χ4v) is 3.40. The van der Waals surface area contributed by atoms with Gasteiger partial charge in [0, 0.05) is 106 Å². The standard InChI is InChI=1S/C14H16O5.C12H14O5.C11H12O6.HI.3Y.H2/c1-9(2)14(17)19-11-6-4-10(5-7-13(15)16)8-12(11)18-3;1-7(2)12(15)17-9-5-4-8(11(13)14)6-10(9)16-3;1-5(2)11(16)17-8-4-6(10(14)15)3-7(12)9(8)13;;;;;/h4-9H,1-3H3,(H,15,16);4-7H,1-3H3,(H,13,14);3-5,12-13H,1-2H3,(H,14,15);1H;;;;1H/b7-5+;;;;;;;. The second-order valence-electron chi connectivity index (χ2n) is 11.6. The summed E-state index contributed by atoms with van der Waals surface area (Å²) in [6, 6.07) is 10.7. The van der Waals surface area contributed by atoms with Crippen molar-refractivity contribution in [1.29, 1.82) is 0 Å². The molecule has 0 unspecified atom stereocenters. The number of aromatic carboxylic acids is 2. The molecule has 16 nitrogen and oxygen atoms in total. The third kappa shape index (κ3) is 21.9. The van der Waals surface area contributed by atoms with Crippen LogP contribution in [0.15, 0.2) is 54.6 Å². The van der Waals surface area contributed by atoms with E-state index < -0.39 is 47.3 Å². The van der Waals surface area contributed by atoms with Crippen molar-refractivity contribution in [3.05, 3.63) is 71.3 Å². The van der Waals surface area contributed by atoms with Crippen LogP contribution in [0, 0.1) is 17.8 Å². The van der Waals surface area contributed by atoms with Gasteiger partial charge in [-0.2, -0.15) is 0 Å². The number of carbonyl (C=O) groups excluding carboxylic acids is 3. The molecule has 0 saturated heterocycles. The second kappa shape index (κ2) is 30.5. The molecule has 3 aromatic carbocycles. The van der Waals surface area contributed by atoms with Crippen molar-refractivity contribution in [3.8, 4) is 40.2 Å². The van der Waals surface area contributed by atoms with E-state index in [9.17, 15) is 39.0 Å². The quantitative estimate of drug-likeness (QED) is 0.0426. The summed E-state index contributed by atoms with van der Waals surface area (Å²) < 4.78 is 25.1. The molecule has 0 aliphatic rings. The predicted molar refractivity (Wildman–Crippen MR) is 205 cm³/mol. The van der Waals surface area contributed by atoms with E-state index in [0.29, 0.717) is 17.1 Å². The molecule has 0 bridgehead atoms. The molecule has 0 heterocycles. The molecule has 0 aliphatic heterocycles. The predicted octanol–water partition coefficient (Wildman–Crippen LogP) is 6.52. The molecule has 0 aromatic heterocycles. The number of aromatic hydroxyl groups is 2. The number of benzene rings is 3. The van der Waals surface area contributed by atoms with Crippen LogP contribution < -0.4 is 23.7 Å². The summed E-state index contributed by atoms with van der Waals surface area (Å²) in [5, 5.41) is 44.8. The van der Waals surface area contributed by atoms with Gasteiger partial charge in [0.2, 0.25) is 5.75 Å². The minimum atomic E-state index is -1.30. The average molecular weight is 1140 g/mol. The zero-order valence-electron chi connectivity index (χ0n) is 32.4. The van der Waals surface area contributed by atoms with Crippen molar-refractivity contribution >= 4 is 65.9 Å². The van der Waals surface area contributed by atoms with Crippen LogP contribution in [0.1, 0.15) is 69.2 Å². The molecule has 3 radical (unpaired) electrons. The molecule has 3 rings (SSSR count). The van der Waals surface area contributed by atoms with Gasteiger partial charge in [-0.1, -0.05) is 47.6 Å². The van der Waals surface area contributed by atoms with Gasteiger partial charge < -0.3 is 49.2 Å². The number of carboxylic acids is 3. The summed E-state index contributed by atoms with van der Waals surface area (Å²) >= 11 is 0. The van der Waals surface area contributed by atoms with Crippen LogP contribution in [0.5, 0.6) is 40.2 Å². The summed E-state index contributed by atoms with van der Waals surface area (Å²) in [5.41, 5.74) is 0.432. The number of ether oxygens (including phenoxy) is 5. The fourth-order valence-electron chi connectivity index (χ4n) is 3.40. The van der Waals surface area contributed by atoms with E-state index in [4.69, 9.17) is 39.0 Å². The Morgan fingerprint density at radius 1 is 0.561 bits per heavy atom. The largest absolute Gasteiger partial charge is 0.504 e. The summed E-state index contributed by atoms with van der Waals surface area (Å²) in [7, 11) is 2.83. The van der Waals surface area contributed by atoms with Gasteiger partial charge in [0.1, 0.15) is 0 Å². The molecule has 0 amide bonds. The smallest absolute Gasteiger partial charge is 0.335 e. The van der Waals surface area contributed by atoms with Crippen molar-refractivity contribution in [2.75, 3.05) is 14.2 Å². The zero-order chi connectivity index (χ0) is 40.6. The summed E-state index contributed by atoms with van der Waals surface area (Å²) in [5.74, 6) is -6.30. The SMILES string of the molecule is CC(C)C(=O)Oc1cc(C(=O)O)cc(O)c1O.COc1cc(/C=C/C(=O)O)ccc1OC(=O)C(C)C.COc1cc(C(=O)O)ccc1OC(=O)C(C)C.I.[HH].[Y].[Y].[Y]. The number of rotatable bonds is 12. The number of phenols is 2. The van der Waals surface area contributed by atoms with Crippen LogP contribution in [0.2, 0.25) is 0 Å². The average Bonchev–Trinajstić information content (AvgIpc) is 3.09. The van der Waals surface area contributed by atoms with Gasteiger partial charge in [-0.3, -0.25) is 14.4 Å². The topological polar surface area (TPSA) is 250 Å². The van der Waals surface area contributed by atoms with Crippen molar-refractivity contribution < 1.29 is 178 Å². The third-order valence-electron chi connectivity index (χ3n) is 6.36. The second-order valence-corrected chi connectivity index (χ2v) is 11.6. The Labute approximate surface area is 423 Å². The molecule has 0 atom stereocenters. The van der Waals surface area contributed by atoms with Gasteiger partial charge in [0.15, 0.2) is 34.5 Å². The molecule has 0 spiro atoms. The zero-order valence-corrected chi connectivity index (χ0v) is 43.2. The van der Waals surface area contributed by atoms with E-state index in [1.165, 1.54) is 38.5 Å². The molecule has 305 valence electrons. The summed E-state index contributed by atoms with van der Waals surface area (Å²) in [6.45, 7) is 10.1. The van der Waals surface area contributed by atoms with Gasteiger partial charge >= 0.3 is 35.8 Å². The van der Waals surface area contributed by atoms with Crippen LogP contribution in [-0.4, -0.2) is 75.6 Å². The van der Waals surface area contributed by atoms with Crippen molar-refractivity contribution in [2.45, 2.75) is 41.5 Å². The molecule has 3 aromatic rings. The first kappa shape index (κ1) is 61.1. The minimum Gasteiger partial charge on any atom is -0.504 e. The Hall–Kier alpha value is -2.54. The van der Waals surface area contributed by atoms with Crippen molar-refractivity contribution in [1.82, 2.24) is 0 Å². The number of esters is 3. The molecule has 57 heavy (non-hydrogen) atoms. The molecule has 0 fully saturated rings. The van der Waals surface area contributed by atoms with E-state index in [1.807, 2.05) is 0 Å². The molecular formula is C37H45IO16Y3. The number of phenolic OH excluding ortho intramolecular Hbond substituents is 2. The van der Waals surface area contributed by atoms with Crippen molar-refractivity contribution in [3.63, 3.8) is 0 Å². The Balaban J connectivity index is -0.000000233. The number of aliphatic carboxylic acids is 1. The molecule has 0 saturated carbocycles. The van der Waals surface area contributed by atoms with Crippen molar-refractivity contribution in [2.24, 2.45) is 17.8 Å². The van der Waals surface area contributed by atoms with Gasteiger partial charge in [-0.25, -0.2) is 14.4 Å². The first-order valence-corrected chi connectivity index (χ1v) is 15.7. The molecule has 20 heteroatoms. The van der Waals surface area contributed by atoms with Gasteiger partial charge in [0.25, 0.3) is 0 Å². The van der Waals surface area contributed by atoms with Crippen LogP contribution in [0.25, 0.3) is 6.08 Å². The Bertz CT molecular complexity index is 1850. The first-order chi connectivity index (χ1) is 24.7. The Morgan fingerprint density at radius 2 is 0.947 bits per heavy atom. The van der Waals surface area contributed by atoms with E-state index in [1.54, 1.807) is 59.7 Å². The number of carboxylic acid groups (broad SMARTS) is 3. The molecule has 0 aliphatic carbocycles. The van der Waals surface area contributed by atoms with Crippen LogP contribution in [0.3, 0.4) is 0 Å². The van der Waals surface area contributed by atoms with E-state index in [0.717, 1.165) is 18.2 Å². The van der Waals surface area contributed by atoms with E-state index >= 15 is 0 Å².